The number of rotatable bonds is 3. The van der Waals surface area contributed by atoms with Crippen molar-refractivity contribution in [3.8, 4) is 5.69 Å². The number of halogens is 1. The molecule has 3 heterocycles. The van der Waals surface area contributed by atoms with Crippen molar-refractivity contribution in [3.05, 3.63) is 47.5 Å². The highest BCUT2D eigenvalue weighted by molar-refractivity contribution is 5.87. The summed E-state index contributed by atoms with van der Waals surface area (Å²) in [6.45, 7) is 11.4. The molecule has 0 radical (unpaired) electrons. The number of carbonyl (C=O) groups excluding carboxylic acids is 2. The number of epoxide rings is 1. The number of nitrogen functional groups attached to an aromatic ring is 1. The van der Waals surface area contributed by atoms with Crippen LogP contribution in [0.3, 0.4) is 0 Å². The Morgan fingerprint density at radius 2 is 1.93 bits per heavy atom. The molecule has 9 heteroatoms. The Morgan fingerprint density at radius 3 is 2.63 bits per heavy atom. The van der Waals surface area contributed by atoms with E-state index in [0.29, 0.717) is 24.2 Å². The third-order valence-electron chi connectivity index (χ3n) is 8.94. The number of carbonyl (C=O) groups is 2. The Morgan fingerprint density at radius 1 is 1.20 bits per heavy atom. The molecule has 3 N–H and O–H groups in total. The van der Waals surface area contributed by atoms with Crippen LogP contribution >= 0.6 is 0 Å². The summed E-state index contributed by atoms with van der Waals surface area (Å²) < 4.78 is 27.6. The van der Waals surface area contributed by atoms with Crippen LogP contribution in [0.5, 0.6) is 0 Å². The maximum absolute atomic E-state index is 14.0. The second kappa shape index (κ2) is 12.1. The van der Waals surface area contributed by atoms with E-state index >= 15 is 0 Å². The van der Waals surface area contributed by atoms with Gasteiger partial charge in [-0.3, -0.25) is 9.59 Å². The van der Waals surface area contributed by atoms with Crippen LogP contribution in [0.4, 0.5) is 10.1 Å². The maximum Gasteiger partial charge on any atom is 0.306 e. The molecule has 0 saturated carbocycles. The highest BCUT2D eigenvalue weighted by Gasteiger charge is 2.52. The number of hydrogen-bond donors (Lipinski definition) is 2. The summed E-state index contributed by atoms with van der Waals surface area (Å²) in [5, 5.41) is 15.4. The van der Waals surface area contributed by atoms with E-state index < -0.39 is 29.4 Å². The van der Waals surface area contributed by atoms with Gasteiger partial charge in [0.15, 0.2) is 0 Å². The number of aliphatic hydroxyl groups is 1. The van der Waals surface area contributed by atoms with Crippen LogP contribution < -0.4 is 5.73 Å². The smallest absolute Gasteiger partial charge is 0.306 e. The number of hydrogen-bond acceptors (Lipinski definition) is 7. The van der Waals surface area contributed by atoms with E-state index in [2.05, 4.69) is 12.0 Å². The standard InChI is InChI=1S/C32H44FN3O5/c1-19-8-7-13-32(6)27(41-32)18-26(40-28(37)11-14-31(4,5)30(39)21(3)29(19)38)20(2)16-22-12-15-36(35-22)23-9-10-25(34)24(33)17-23/h9-10,12,15-17,19,21,26-27,29,38H,7-8,11,13-14,18,34H2,1-6H3/b20-16+/t19-,21+,26-,27-,29-,32+/m0/s1. The van der Waals surface area contributed by atoms with Crippen LogP contribution in [-0.4, -0.2) is 50.6 Å². The number of benzene rings is 1. The van der Waals surface area contributed by atoms with E-state index in [4.69, 9.17) is 15.2 Å². The number of Topliss-reactive ketones (excluding diaryl/α,β-unsaturated/α-hetero) is 1. The fourth-order valence-corrected chi connectivity index (χ4v) is 5.84. The van der Waals surface area contributed by atoms with Crippen molar-refractivity contribution in [3.63, 3.8) is 0 Å². The minimum atomic E-state index is -0.775. The highest BCUT2D eigenvalue weighted by atomic mass is 19.1. The third kappa shape index (κ3) is 7.25. The number of fused-ring (bicyclic) bond motifs is 1. The maximum atomic E-state index is 14.0. The minimum Gasteiger partial charge on any atom is -0.458 e. The van der Waals surface area contributed by atoms with Crippen molar-refractivity contribution in [2.45, 2.75) is 104 Å². The van der Waals surface area contributed by atoms with E-state index in [1.807, 2.05) is 33.8 Å². The summed E-state index contributed by atoms with van der Waals surface area (Å²) in [6.07, 6.45) is 5.65. The molecule has 8 nitrogen and oxygen atoms in total. The van der Waals surface area contributed by atoms with Crippen molar-refractivity contribution < 1.29 is 28.6 Å². The third-order valence-corrected chi connectivity index (χ3v) is 8.94. The molecule has 2 aliphatic heterocycles. The molecule has 2 saturated heterocycles. The molecule has 2 aromatic rings. The van der Waals surface area contributed by atoms with E-state index in [-0.39, 0.29) is 41.5 Å². The van der Waals surface area contributed by atoms with Gasteiger partial charge in [-0.1, -0.05) is 34.1 Å². The normalized spacial score (nSPS) is 31.8. The summed E-state index contributed by atoms with van der Waals surface area (Å²) in [5.74, 6) is -1.49. The van der Waals surface area contributed by atoms with Gasteiger partial charge < -0.3 is 20.3 Å². The van der Waals surface area contributed by atoms with E-state index in [9.17, 15) is 19.1 Å². The first kappa shape index (κ1) is 30.9. The summed E-state index contributed by atoms with van der Waals surface area (Å²) >= 11 is 0. The van der Waals surface area contributed by atoms with Crippen molar-refractivity contribution in [1.29, 1.82) is 0 Å². The van der Waals surface area contributed by atoms with Gasteiger partial charge in [-0.25, -0.2) is 9.07 Å². The van der Waals surface area contributed by atoms with Crippen LogP contribution in [0, 0.1) is 23.1 Å². The lowest BCUT2D eigenvalue weighted by Gasteiger charge is -2.31. The summed E-state index contributed by atoms with van der Waals surface area (Å²) in [6, 6.07) is 6.31. The average Bonchev–Trinajstić information content (AvgIpc) is 3.31. The Balaban J connectivity index is 1.54. The molecule has 0 unspecified atom stereocenters. The van der Waals surface area contributed by atoms with Gasteiger partial charge in [-0.05, 0) is 68.9 Å². The van der Waals surface area contributed by atoms with Crippen molar-refractivity contribution in [1.82, 2.24) is 9.78 Å². The van der Waals surface area contributed by atoms with Gasteiger partial charge >= 0.3 is 5.97 Å². The second-order valence-corrected chi connectivity index (χ2v) is 12.8. The summed E-state index contributed by atoms with van der Waals surface area (Å²) in [4.78, 5) is 26.3. The number of ether oxygens (including phenoxy) is 2. The molecular formula is C32H44FN3O5. The predicted octanol–water partition coefficient (Wildman–Crippen LogP) is 5.65. The Hall–Kier alpha value is -3.04. The molecular weight excluding hydrogens is 525 g/mol. The number of anilines is 1. The van der Waals surface area contributed by atoms with Gasteiger partial charge in [0.1, 0.15) is 17.7 Å². The molecule has 2 aliphatic rings. The molecule has 0 spiro atoms. The number of nitrogens with zero attached hydrogens (tertiary/aromatic N) is 2. The number of aliphatic hydroxyl groups excluding tert-OH is 1. The molecule has 1 aromatic heterocycles. The number of cyclic esters (lactones) is 1. The molecule has 41 heavy (non-hydrogen) atoms. The Kier molecular flexibility index (Phi) is 9.09. The molecule has 0 bridgehead atoms. The Labute approximate surface area is 242 Å². The van der Waals surface area contributed by atoms with Crippen LogP contribution in [0.1, 0.15) is 85.8 Å². The monoisotopic (exact) mass is 569 g/mol. The fraction of sp³-hybridized carbons (Fsp3) is 0.594. The molecule has 0 aliphatic carbocycles. The quantitative estimate of drug-likeness (QED) is 0.278. The molecule has 2 fully saturated rings. The van der Waals surface area contributed by atoms with Gasteiger partial charge in [0.05, 0.1) is 34.9 Å². The average molecular weight is 570 g/mol. The SMILES string of the molecule is C/C(=C\c1ccn(-c2ccc(N)c(F)c2)n1)[C@@H]1C[C@@H]2O[C@]2(C)CCC[C@H](C)[C@H](O)[C@@H](C)C(=O)C(C)(C)CCC(=O)O1. The first-order chi connectivity index (χ1) is 19.2. The zero-order valence-electron chi connectivity index (χ0n) is 25.0. The predicted molar refractivity (Wildman–Crippen MR) is 156 cm³/mol. The van der Waals surface area contributed by atoms with Crippen molar-refractivity contribution in [2.24, 2.45) is 17.3 Å². The zero-order valence-corrected chi connectivity index (χ0v) is 25.0. The molecule has 0 amide bonds. The largest absolute Gasteiger partial charge is 0.458 e. The van der Waals surface area contributed by atoms with Crippen LogP contribution in [0.2, 0.25) is 0 Å². The van der Waals surface area contributed by atoms with Gasteiger partial charge in [-0.15, -0.1) is 0 Å². The highest BCUT2D eigenvalue weighted by Crippen LogP contribution is 2.45. The molecule has 224 valence electrons. The Bertz CT molecular complexity index is 1300. The number of nitrogens with two attached hydrogens (primary N) is 1. The molecule has 4 rings (SSSR count). The van der Waals surface area contributed by atoms with E-state index in [0.717, 1.165) is 24.8 Å². The van der Waals surface area contributed by atoms with Gasteiger partial charge in [0.2, 0.25) is 0 Å². The fourth-order valence-electron chi connectivity index (χ4n) is 5.84. The lowest BCUT2D eigenvalue weighted by atomic mass is 9.74. The lowest BCUT2D eigenvalue weighted by molar-refractivity contribution is -0.149. The molecule has 6 atom stereocenters. The van der Waals surface area contributed by atoms with E-state index in [1.165, 1.54) is 12.1 Å². The second-order valence-electron chi connectivity index (χ2n) is 12.8. The topological polar surface area (TPSA) is 120 Å². The van der Waals surface area contributed by atoms with Gasteiger partial charge in [-0.2, -0.15) is 5.10 Å². The minimum absolute atomic E-state index is 0.0223. The number of aromatic nitrogens is 2. The van der Waals surface area contributed by atoms with Crippen LogP contribution in [0.25, 0.3) is 11.8 Å². The van der Waals surface area contributed by atoms with Crippen LogP contribution in [-0.2, 0) is 19.1 Å². The zero-order chi connectivity index (χ0) is 30.1. The van der Waals surface area contributed by atoms with Crippen molar-refractivity contribution >= 4 is 23.5 Å². The van der Waals surface area contributed by atoms with Crippen molar-refractivity contribution in [2.75, 3.05) is 5.73 Å². The van der Waals surface area contributed by atoms with E-state index in [1.54, 1.807) is 29.9 Å². The summed E-state index contributed by atoms with van der Waals surface area (Å²) in [7, 11) is 0. The lowest BCUT2D eigenvalue weighted by Crippen LogP contribution is -2.39. The van der Waals surface area contributed by atoms with Gasteiger partial charge in [0.25, 0.3) is 0 Å². The summed E-state index contributed by atoms with van der Waals surface area (Å²) in [5.41, 5.74) is 6.56. The van der Waals surface area contributed by atoms with Crippen LogP contribution in [0.15, 0.2) is 36.0 Å². The van der Waals surface area contributed by atoms with Gasteiger partial charge in [0, 0.05) is 36.4 Å². The first-order valence-corrected chi connectivity index (χ1v) is 14.6. The first-order valence-electron chi connectivity index (χ1n) is 14.6. The number of ketones is 1. The number of esters is 1. The molecule has 1 aromatic carbocycles.